The van der Waals surface area contributed by atoms with Gasteiger partial charge in [0.15, 0.2) is 0 Å². The van der Waals surface area contributed by atoms with Gasteiger partial charge in [-0.2, -0.15) is 0 Å². The number of hydrogen-bond donors (Lipinski definition) is 3. The van der Waals surface area contributed by atoms with Crippen molar-refractivity contribution >= 4 is 11.8 Å². The van der Waals surface area contributed by atoms with Gasteiger partial charge in [-0.15, -0.1) is 5.10 Å². The summed E-state index contributed by atoms with van der Waals surface area (Å²) in [6.45, 7) is 3.87. The summed E-state index contributed by atoms with van der Waals surface area (Å²) in [5, 5.41) is 8.12. The van der Waals surface area contributed by atoms with E-state index >= 15 is 0 Å². The topological polar surface area (TPSA) is 117 Å². The van der Waals surface area contributed by atoms with E-state index in [1.165, 1.54) is 0 Å². The van der Waals surface area contributed by atoms with Crippen molar-refractivity contribution in [3.63, 3.8) is 0 Å². The third kappa shape index (κ3) is 4.04. The Bertz CT molecular complexity index is 507. The summed E-state index contributed by atoms with van der Waals surface area (Å²) in [7, 11) is 0. The SMILES string of the molecule is CCCCOC(=O)[C@@H](C)Nc1n[nH]c(=O)[nH]c1=O. The zero-order valence-electron chi connectivity index (χ0n) is 10.3. The fourth-order valence-electron chi connectivity index (χ4n) is 1.15. The van der Waals surface area contributed by atoms with E-state index in [-0.39, 0.29) is 5.82 Å². The Morgan fingerprint density at radius 3 is 2.83 bits per heavy atom. The summed E-state index contributed by atoms with van der Waals surface area (Å²) >= 11 is 0. The molecule has 1 aromatic heterocycles. The third-order valence-electron chi connectivity index (χ3n) is 2.16. The van der Waals surface area contributed by atoms with Crippen molar-refractivity contribution in [1.29, 1.82) is 0 Å². The lowest BCUT2D eigenvalue weighted by Crippen LogP contribution is -2.34. The summed E-state index contributed by atoms with van der Waals surface area (Å²) in [6, 6.07) is -0.721. The van der Waals surface area contributed by atoms with E-state index in [0.717, 1.165) is 12.8 Å². The van der Waals surface area contributed by atoms with Crippen LogP contribution in [0.4, 0.5) is 5.82 Å². The molecule has 1 heterocycles. The number of esters is 1. The van der Waals surface area contributed by atoms with Gasteiger partial charge in [0, 0.05) is 0 Å². The second-order valence-corrected chi connectivity index (χ2v) is 3.74. The Kier molecular flexibility index (Phi) is 5.09. The molecule has 0 radical (unpaired) electrons. The van der Waals surface area contributed by atoms with E-state index in [1.54, 1.807) is 6.92 Å². The predicted molar refractivity (Wildman–Crippen MR) is 64.4 cm³/mol. The van der Waals surface area contributed by atoms with Crippen LogP contribution in [0.5, 0.6) is 0 Å². The summed E-state index contributed by atoms with van der Waals surface area (Å²) in [5.74, 6) is -0.606. The van der Waals surface area contributed by atoms with Crippen LogP contribution in [-0.4, -0.2) is 33.8 Å². The van der Waals surface area contributed by atoms with Gasteiger partial charge >= 0.3 is 11.7 Å². The Balaban J connectivity index is 2.58. The summed E-state index contributed by atoms with van der Waals surface area (Å²) in [4.78, 5) is 35.5. The first-order valence-electron chi connectivity index (χ1n) is 5.66. The highest BCUT2D eigenvalue weighted by atomic mass is 16.5. The first-order valence-corrected chi connectivity index (χ1v) is 5.66. The number of carbonyl (C=O) groups excluding carboxylic acids is 1. The number of aromatic nitrogens is 3. The maximum absolute atomic E-state index is 11.5. The minimum Gasteiger partial charge on any atom is -0.464 e. The van der Waals surface area contributed by atoms with Crippen molar-refractivity contribution in [2.24, 2.45) is 0 Å². The fraction of sp³-hybridized carbons (Fsp3) is 0.600. The van der Waals surface area contributed by atoms with Crippen molar-refractivity contribution in [3.05, 3.63) is 20.8 Å². The van der Waals surface area contributed by atoms with Crippen LogP contribution in [0.2, 0.25) is 0 Å². The van der Waals surface area contributed by atoms with Gasteiger partial charge in [0.05, 0.1) is 6.61 Å². The van der Waals surface area contributed by atoms with Crippen LogP contribution < -0.4 is 16.6 Å². The van der Waals surface area contributed by atoms with Crippen LogP contribution in [0, 0.1) is 0 Å². The van der Waals surface area contributed by atoms with Crippen LogP contribution in [0.1, 0.15) is 26.7 Å². The number of hydrogen-bond acceptors (Lipinski definition) is 6. The molecule has 0 fully saturated rings. The van der Waals surface area contributed by atoms with E-state index < -0.39 is 23.3 Å². The normalized spacial score (nSPS) is 11.9. The van der Waals surface area contributed by atoms with Crippen molar-refractivity contribution in [3.8, 4) is 0 Å². The summed E-state index contributed by atoms with van der Waals surface area (Å²) in [5.41, 5.74) is -1.39. The molecule has 18 heavy (non-hydrogen) atoms. The van der Waals surface area contributed by atoms with Gasteiger partial charge in [0.2, 0.25) is 5.82 Å². The molecular weight excluding hydrogens is 240 g/mol. The number of anilines is 1. The first-order chi connectivity index (χ1) is 8.54. The number of H-pyrrole nitrogens is 2. The average molecular weight is 256 g/mol. The van der Waals surface area contributed by atoms with Gasteiger partial charge < -0.3 is 10.1 Å². The van der Waals surface area contributed by atoms with Crippen LogP contribution >= 0.6 is 0 Å². The summed E-state index contributed by atoms with van der Waals surface area (Å²) < 4.78 is 4.97. The number of nitrogens with zero attached hydrogens (tertiary/aromatic N) is 1. The second kappa shape index (κ2) is 6.58. The van der Waals surface area contributed by atoms with Crippen molar-refractivity contribution in [2.75, 3.05) is 11.9 Å². The molecule has 3 N–H and O–H groups in total. The number of ether oxygens (including phenoxy) is 1. The molecule has 8 nitrogen and oxygen atoms in total. The number of rotatable bonds is 6. The van der Waals surface area contributed by atoms with Gasteiger partial charge in [-0.3, -0.25) is 9.78 Å². The van der Waals surface area contributed by atoms with Gasteiger partial charge in [-0.1, -0.05) is 13.3 Å². The molecule has 0 spiro atoms. The lowest BCUT2D eigenvalue weighted by atomic mass is 10.3. The molecule has 1 rings (SSSR count). The average Bonchev–Trinajstić information content (AvgIpc) is 2.32. The van der Waals surface area contributed by atoms with Crippen LogP contribution in [0.3, 0.4) is 0 Å². The molecule has 1 aromatic rings. The van der Waals surface area contributed by atoms with Gasteiger partial charge in [-0.05, 0) is 13.3 Å². The third-order valence-corrected chi connectivity index (χ3v) is 2.16. The zero-order chi connectivity index (χ0) is 13.5. The van der Waals surface area contributed by atoms with E-state index in [9.17, 15) is 14.4 Å². The predicted octanol–water partition coefficient (Wildman–Crippen LogP) is -0.398. The highest BCUT2D eigenvalue weighted by Crippen LogP contribution is 1.98. The first kappa shape index (κ1) is 13.9. The maximum Gasteiger partial charge on any atom is 0.342 e. The molecule has 8 heteroatoms. The fourth-order valence-corrected chi connectivity index (χ4v) is 1.15. The van der Waals surface area contributed by atoms with Gasteiger partial charge in [-0.25, -0.2) is 14.7 Å². The Hall–Kier alpha value is -2.12. The van der Waals surface area contributed by atoms with Crippen molar-refractivity contribution in [1.82, 2.24) is 15.2 Å². The quantitative estimate of drug-likeness (QED) is 0.471. The molecule has 0 aromatic carbocycles. The van der Waals surface area contributed by atoms with Crippen molar-refractivity contribution < 1.29 is 9.53 Å². The number of unbranched alkanes of at least 4 members (excludes halogenated alkanes) is 1. The number of nitrogens with one attached hydrogen (secondary N) is 3. The lowest BCUT2D eigenvalue weighted by Gasteiger charge is -2.12. The molecule has 0 aliphatic heterocycles. The van der Waals surface area contributed by atoms with E-state index in [1.807, 2.05) is 11.9 Å². The van der Waals surface area contributed by atoms with Crippen LogP contribution in [-0.2, 0) is 9.53 Å². The lowest BCUT2D eigenvalue weighted by molar-refractivity contribution is -0.144. The molecule has 1 atom stereocenters. The molecule has 0 saturated heterocycles. The van der Waals surface area contributed by atoms with Gasteiger partial charge in [0.25, 0.3) is 5.56 Å². The Labute approximate surface area is 103 Å². The molecule has 0 unspecified atom stereocenters. The van der Waals surface area contributed by atoms with Gasteiger partial charge in [0.1, 0.15) is 6.04 Å². The van der Waals surface area contributed by atoms with Crippen LogP contribution in [0.15, 0.2) is 9.59 Å². The van der Waals surface area contributed by atoms with Crippen molar-refractivity contribution in [2.45, 2.75) is 32.7 Å². The maximum atomic E-state index is 11.5. The monoisotopic (exact) mass is 256 g/mol. The highest BCUT2D eigenvalue weighted by Gasteiger charge is 2.16. The molecule has 0 aliphatic carbocycles. The molecular formula is C10H16N4O4. The Morgan fingerprint density at radius 1 is 1.50 bits per heavy atom. The Morgan fingerprint density at radius 2 is 2.22 bits per heavy atom. The minimum atomic E-state index is -0.721. The second-order valence-electron chi connectivity index (χ2n) is 3.74. The highest BCUT2D eigenvalue weighted by molar-refractivity contribution is 5.78. The zero-order valence-corrected chi connectivity index (χ0v) is 10.3. The molecule has 0 amide bonds. The number of carbonyl (C=O) groups is 1. The van der Waals surface area contributed by atoms with E-state index in [0.29, 0.717) is 6.61 Å². The summed E-state index contributed by atoms with van der Waals surface area (Å²) in [6.07, 6.45) is 1.71. The largest absolute Gasteiger partial charge is 0.464 e. The minimum absolute atomic E-state index is 0.130. The molecule has 0 saturated carbocycles. The van der Waals surface area contributed by atoms with Crippen LogP contribution in [0.25, 0.3) is 0 Å². The van der Waals surface area contributed by atoms with E-state index in [2.05, 4.69) is 15.5 Å². The standard InChI is InChI=1S/C10H16N4O4/c1-3-4-5-18-9(16)6(2)11-7-8(15)12-10(17)14-13-7/h6H,3-5H2,1-2H3,(H,11,13)(H2,12,14,15,17)/t6-/m1/s1. The number of aromatic amines is 2. The molecule has 100 valence electrons. The van der Waals surface area contributed by atoms with E-state index in [4.69, 9.17) is 4.74 Å². The molecule has 0 aliphatic rings. The smallest absolute Gasteiger partial charge is 0.342 e. The molecule has 0 bridgehead atoms.